The average molecular weight is 277 g/mol. The van der Waals surface area contributed by atoms with Gasteiger partial charge in [0, 0.05) is 29.6 Å². The van der Waals surface area contributed by atoms with E-state index in [2.05, 4.69) is 39.5 Å². The van der Waals surface area contributed by atoms with Crippen molar-refractivity contribution in [1.82, 2.24) is 15.0 Å². The molecule has 19 heavy (non-hydrogen) atoms. The predicted octanol–water partition coefficient (Wildman–Crippen LogP) is 2.60. The summed E-state index contributed by atoms with van der Waals surface area (Å²) in [5.74, 6) is 1.68. The summed E-state index contributed by atoms with van der Waals surface area (Å²) in [6, 6.07) is 0. The molecule has 0 saturated carbocycles. The second-order valence-corrected chi connectivity index (χ2v) is 5.68. The molecule has 0 amide bonds. The van der Waals surface area contributed by atoms with E-state index in [1.165, 1.54) is 6.33 Å². The molecule has 0 aromatic carbocycles. The maximum atomic E-state index is 5.91. The van der Waals surface area contributed by atoms with E-state index in [1.807, 2.05) is 6.92 Å². The monoisotopic (exact) mass is 277 g/mol. The zero-order valence-corrected chi connectivity index (χ0v) is 12.3. The van der Waals surface area contributed by atoms with Crippen molar-refractivity contribution in [2.75, 3.05) is 17.6 Å². The molecule has 2 heterocycles. The van der Waals surface area contributed by atoms with Gasteiger partial charge in [0.25, 0.3) is 0 Å². The molecule has 0 aliphatic heterocycles. The molecular formula is C13H19N5S. The van der Waals surface area contributed by atoms with Crippen LogP contribution in [0.25, 0.3) is 0 Å². The van der Waals surface area contributed by atoms with Crippen LogP contribution in [0.4, 0.5) is 11.6 Å². The molecule has 5 nitrogen and oxygen atoms in total. The molecule has 0 unspecified atom stereocenters. The summed E-state index contributed by atoms with van der Waals surface area (Å²) >= 11 is 1.69. The SMILES string of the molecule is Cc1csc(CCNc2ncnc(N)c2C(C)C)n1. The Balaban J connectivity index is 2.01. The predicted molar refractivity (Wildman–Crippen MR) is 79.6 cm³/mol. The van der Waals surface area contributed by atoms with Gasteiger partial charge in [0.2, 0.25) is 0 Å². The lowest BCUT2D eigenvalue weighted by atomic mass is 10.0. The molecule has 0 spiro atoms. The molecule has 6 heteroatoms. The van der Waals surface area contributed by atoms with E-state index in [0.717, 1.165) is 35.0 Å². The topological polar surface area (TPSA) is 76.7 Å². The zero-order chi connectivity index (χ0) is 13.8. The van der Waals surface area contributed by atoms with Crippen LogP contribution in [0.1, 0.15) is 36.0 Å². The number of hydrogen-bond acceptors (Lipinski definition) is 6. The van der Waals surface area contributed by atoms with Gasteiger partial charge in [-0.2, -0.15) is 0 Å². The fourth-order valence-electron chi connectivity index (χ4n) is 1.92. The van der Waals surface area contributed by atoms with Gasteiger partial charge in [-0.1, -0.05) is 13.8 Å². The molecule has 0 bridgehead atoms. The van der Waals surface area contributed by atoms with Crippen molar-refractivity contribution >= 4 is 23.0 Å². The first-order chi connectivity index (χ1) is 9.08. The molecule has 0 aliphatic rings. The van der Waals surface area contributed by atoms with Crippen molar-refractivity contribution in [3.05, 3.63) is 28.0 Å². The van der Waals surface area contributed by atoms with Crippen molar-refractivity contribution in [3.8, 4) is 0 Å². The minimum Gasteiger partial charge on any atom is -0.383 e. The van der Waals surface area contributed by atoms with Crippen LogP contribution in [0.5, 0.6) is 0 Å². The number of rotatable bonds is 5. The first kappa shape index (κ1) is 13.7. The van der Waals surface area contributed by atoms with Crippen LogP contribution in [-0.2, 0) is 6.42 Å². The highest BCUT2D eigenvalue weighted by atomic mass is 32.1. The molecule has 0 atom stereocenters. The molecule has 2 rings (SSSR count). The Morgan fingerprint density at radius 3 is 2.79 bits per heavy atom. The van der Waals surface area contributed by atoms with Crippen LogP contribution in [0.2, 0.25) is 0 Å². The average Bonchev–Trinajstić information content (AvgIpc) is 2.74. The minimum atomic E-state index is 0.297. The third-order valence-corrected chi connectivity index (χ3v) is 3.82. The standard InChI is InChI=1S/C13H19N5S/c1-8(2)11-12(14)16-7-17-13(11)15-5-4-10-18-9(3)6-19-10/h6-8H,4-5H2,1-3H3,(H3,14,15,16,17). The highest BCUT2D eigenvalue weighted by molar-refractivity contribution is 7.09. The van der Waals surface area contributed by atoms with Crippen molar-refractivity contribution in [3.63, 3.8) is 0 Å². The number of nitrogens with zero attached hydrogens (tertiary/aromatic N) is 3. The highest BCUT2D eigenvalue weighted by Gasteiger charge is 2.12. The fourth-order valence-corrected chi connectivity index (χ4v) is 2.70. The van der Waals surface area contributed by atoms with Gasteiger partial charge in [0.1, 0.15) is 18.0 Å². The molecule has 0 fully saturated rings. The minimum absolute atomic E-state index is 0.297. The third kappa shape index (κ3) is 3.41. The van der Waals surface area contributed by atoms with E-state index < -0.39 is 0 Å². The quantitative estimate of drug-likeness (QED) is 0.878. The number of nitrogens with two attached hydrogens (primary N) is 1. The molecular weight excluding hydrogens is 258 g/mol. The molecule has 102 valence electrons. The number of nitrogens with one attached hydrogen (secondary N) is 1. The Hall–Kier alpha value is -1.69. The van der Waals surface area contributed by atoms with Crippen LogP contribution >= 0.6 is 11.3 Å². The Kier molecular flexibility index (Phi) is 4.31. The van der Waals surface area contributed by atoms with E-state index in [0.29, 0.717) is 11.7 Å². The molecule has 0 aliphatic carbocycles. The number of aromatic nitrogens is 3. The van der Waals surface area contributed by atoms with Crippen molar-refractivity contribution in [1.29, 1.82) is 0 Å². The molecule has 2 aromatic heterocycles. The number of anilines is 2. The summed E-state index contributed by atoms with van der Waals surface area (Å²) in [5, 5.41) is 6.53. The number of hydrogen-bond donors (Lipinski definition) is 2. The summed E-state index contributed by atoms with van der Waals surface area (Å²) in [7, 11) is 0. The smallest absolute Gasteiger partial charge is 0.134 e. The van der Waals surface area contributed by atoms with Crippen molar-refractivity contribution in [2.24, 2.45) is 0 Å². The van der Waals surface area contributed by atoms with Crippen molar-refractivity contribution in [2.45, 2.75) is 33.1 Å². The third-order valence-electron chi connectivity index (χ3n) is 2.79. The Bertz CT molecular complexity index is 550. The van der Waals surface area contributed by atoms with Gasteiger partial charge in [0.05, 0.1) is 5.01 Å². The normalized spacial score (nSPS) is 10.9. The summed E-state index contributed by atoms with van der Waals surface area (Å²) in [6.45, 7) is 6.98. The lowest BCUT2D eigenvalue weighted by molar-refractivity contribution is 0.847. The Morgan fingerprint density at radius 1 is 1.37 bits per heavy atom. The fraction of sp³-hybridized carbons (Fsp3) is 0.462. The lowest BCUT2D eigenvalue weighted by Crippen LogP contribution is -2.11. The largest absolute Gasteiger partial charge is 0.383 e. The number of aryl methyl sites for hydroxylation is 1. The van der Waals surface area contributed by atoms with Gasteiger partial charge in [-0.15, -0.1) is 11.3 Å². The van der Waals surface area contributed by atoms with Gasteiger partial charge >= 0.3 is 0 Å². The second-order valence-electron chi connectivity index (χ2n) is 4.74. The van der Waals surface area contributed by atoms with Crippen LogP contribution < -0.4 is 11.1 Å². The molecule has 3 N–H and O–H groups in total. The Labute approximate surface area is 117 Å². The van der Waals surface area contributed by atoms with Crippen molar-refractivity contribution < 1.29 is 0 Å². The van der Waals surface area contributed by atoms with Gasteiger partial charge in [-0.3, -0.25) is 0 Å². The Morgan fingerprint density at radius 2 is 2.16 bits per heavy atom. The summed E-state index contributed by atoms with van der Waals surface area (Å²) in [6.07, 6.45) is 2.39. The summed E-state index contributed by atoms with van der Waals surface area (Å²) in [4.78, 5) is 12.8. The van der Waals surface area contributed by atoms with Crippen LogP contribution in [0.15, 0.2) is 11.7 Å². The van der Waals surface area contributed by atoms with Gasteiger partial charge in [-0.05, 0) is 12.8 Å². The van der Waals surface area contributed by atoms with E-state index in [-0.39, 0.29) is 0 Å². The van der Waals surface area contributed by atoms with E-state index in [1.54, 1.807) is 11.3 Å². The summed E-state index contributed by atoms with van der Waals surface area (Å²) < 4.78 is 0. The lowest BCUT2D eigenvalue weighted by Gasteiger charge is -2.14. The van der Waals surface area contributed by atoms with Gasteiger partial charge in [-0.25, -0.2) is 15.0 Å². The molecule has 0 saturated heterocycles. The second kappa shape index (κ2) is 5.97. The van der Waals surface area contributed by atoms with Gasteiger partial charge < -0.3 is 11.1 Å². The molecule has 0 radical (unpaired) electrons. The van der Waals surface area contributed by atoms with Crippen LogP contribution in [0, 0.1) is 6.92 Å². The first-order valence-corrected chi connectivity index (χ1v) is 7.21. The van der Waals surface area contributed by atoms with Crippen LogP contribution in [0.3, 0.4) is 0 Å². The van der Waals surface area contributed by atoms with E-state index >= 15 is 0 Å². The maximum Gasteiger partial charge on any atom is 0.134 e. The number of thiazole rings is 1. The number of nitrogen functional groups attached to an aromatic ring is 1. The van der Waals surface area contributed by atoms with Gasteiger partial charge in [0.15, 0.2) is 0 Å². The highest BCUT2D eigenvalue weighted by Crippen LogP contribution is 2.26. The van der Waals surface area contributed by atoms with Crippen LogP contribution in [-0.4, -0.2) is 21.5 Å². The van der Waals surface area contributed by atoms with E-state index in [4.69, 9.17) is 5.73 Å². The van der Waals surface area contributed by atoms with E-state index in [9.17, 15) is 0 Å². The maximum absolute atomic E-state index is 5.91. The zero-order valence-electron chi connectivity index (χ0n) is 11.5. The summed E-state index contributed by atoms with van der Waals surface area (Å²) in [5.41, 5.74) is 7.97. The first-order valence-electron chi connectivity index (χ1n) is 6.33. The molecule has 2 aromatic rings.